The van der Waals surface area contributed by atoms with Crippen molar-refractivity contribution in [3.05, 3.63) is 0 Å². The molecule has 3 atom stereocenters. The lowest BCUT2D eigenvalue weighted by Gasteiger charge is -2.31. The highest BCUT2D eigenvalue weighted by atomic mass is 16.5. The van der Waals surface area contributed by atoms with Crippen LogP contribution in [0.25, 0.3) is 0 Å². The monoisotopic (exact) mass is 270 g/mol. The van der Waals surface area contributed by atoms with Gasteiger partial charge in [-0.1, -0.05) is 0 Å². The summed E-state index contributed by atoms with van der Waals surface area (Å²) >= 11 is 0. The Kier molecular flexibility index (Phi) is 4.26. The van der Waals surface area contributed by atoms with Crippen molar-refractivity contribution in [3.63, 3.8) is 0 Å². The molecule has 4 nitrogen and oxygen atoms in total. The van der Waals surface area contributed by atoms with Crippen LogP contribution >= 0.6 is 0 Å². The van der Waals surface area contributed by atoms with Gasteiger partial charge in [-0.15, -0.1) is 0 Å². The van der Waals surface area contributed by atoms with E-state index in [4.69, 9.17) is 15.6 Å². The minimum atomic E-state index is -0.238. The highest BCUT2D eigenvalue weighted by Gasteiger charge is 2.52. The van der Waals surface area contributed by atoms with Crippen molar-refractivity contribution >= 4 is 0 Å². The summed E-state index contributed by atoms with van der Waals surface area (Å²) in [6.07, 6.45) is 2.13. The number of hydrogen-bond acceptors (Lipinski definition) is 4. The van der Waals surface area contributed by atoms with Gasteiger partial charge in [-0.05, 0) is 53.0 Å². The Labute approximate surface area is 117 Å². The number of aliphatic hydroxyl groups is 1. The topological polar surface area (TPSA) is 58.7 Å². The summed E-state index contributed by atoms with van der Waals surface area (Å²) in [7, 11) is 0. The SMILES string of the molecule is CC1(C)OC(C)(C)C(CN2CCC(CCO)C2)C1N. The Balaban J connectivity index is 1.96. The number of likely N-dealkylation sites (tertiary alicyclic amines) is 1. The van der Waals surface area contributed by atoms with Gasteiger partial charge in [0.15, 0.2) is 0 Å². The molecule has 2 saturated heterocycles. The van der Waals surface area contributed by atoms with Crippen molar-refractivity contribution in [1.82, 2.24) is 4.90 Å². The first-order chi connectivity index (χ1) is 8.76. The maximum absolute atomic E-state index is 9.03. The standard InChI is InChI=1S/C15H30N2O2/c1-14(2)12(13(16)15(3,4)19-14)10-17-7-5-11(9-17)6-8-18/h11-13,18H,5-10,16H2,1-4H3. The summed E-state index contributed by atoms with van der Waals surface area (Å²) in [4.78, 5) is 2.50. The summed E-state index contributed by atoms with van der Waals surface area (Å²) in [5.74, 6) is 1.02. The number of rotatable bonds is 4. The van der Waals surface area contributed by atoms with Crippen molar-refractivity contribution in [2.45, 2.75) is 57.8 Å². The molecule has 0 radical (unpaired) electrons. The maximum Gasteiger partial charge on any atom is 0.0788 e. The first-order valence-electron chi connectivity index (χ1n) is 7.55. The second-order valence-electron chi connectivity index (χ2n) is 7.37. The average Bonchev–Trinajstić information content (AvgIpc) is 2.76. The number of ether oxygens (including phenoxy) is 1. The molecule has 0 spiro atoms. The molecule has 2 fully saturated rings. The molecule has 0 saturated carbocycles. The summed E-state index contributed by atoms with van der Waals surface area (Å²) in [5, 5.41) is 9.03. The minimum absolute atomic E-state index is 0.0828. The van der Waals surface area contributed by atoms with E-state index in [2.05, 4.69) is 32.6 Å². The van der Waals surface area contributed by atoms with Crippen molar-refractivity contribution < 1.29 is 9.84 Å². The Bertz CT molecular complexity index is 317. The van der Waals surface area contributed by atoms with Gasteiger partial charge < -0.3 is 20.5 Å². The van der Waals surface area contributed by atoms with Gasteiger partial charge in [0, 0.05) is 31.7 Å². The number of nitrogens with zero attached hydrogens (tertiary/aromatic N) is 1. The van der Waals surface area contributed by atoms with Crippen LogP contribution in [-0.2, 0) is 4.74 Å². The Hall–Kier alpha value is -0.160. The number of nitrogens with two attached hydrogens (primary N) is 1. The zero-order valence-electron chi connectivity index (χ0n) is 12.9. The lowest BCUT2D eigenvalue weighted by molar-refractivity contribution is -0.0781. The molecule has 2 aliphatic heterocycles. The molecular formula is C15H30N2O2. The van der Waals surface area contributed by atoms with Gasteiger partial charge >= 0.3 is 0 Å². The second-order valence-corrected chi connectivity index (χ2v) is 7.37. The van der Waals surface area contributed by atoms with Gasteiger partial charge in [0.05, 0.1) is 11.2 Å². The van der Waals surface area contributed by atoms with E-state index in [0.717, 1.165) is 26.1 Å². The third-order valence-corrected chi connectivity index (χ3v) is 5.02. The van der Waals surface area contributed by atoms with Crippen molar-refractivity contribution in [3.8, 4) is 0 Å². The number of hydrogen-bond donors (Lipinski definition) is 2. The molecule has 0 amide bonds. The molecule has 4 heteroatoms. The molecule has 19 heavy (non-hydrogen) atoms. The predicted molar refractivity (Wildman–Crippen MR) is 77.0 cm³/mol. The molecule has 112 valence electrons. The molecule has 0 aromatic heterocycles. The normalized spacial score (nSPS) is 37.9. The van der Waals surface area contributed by atoms with E-state index in [1.165, 1.54) is 6.42 Å². The van der Waals surface area contributed by atoms with Crippen molar-refractivity contribution in [2.24, 2.45) is 17.6 Å². The maximum atomic E-state index is 9.03. The molecule has 2 aliphatic rings. The Morgan fingerprint density at radius 3 is 2.47 bits per heavy atom. The van der Waals surface area contributed by atoms with Crippen LogP contribution in [-0.4, -0.2) is 53.5 Å². The predicted octanol–water partition coefficient (Wildman–Crippen LogP) is 1.22. The molecular weight excluding hydrogens is 240 g/mol. The summed E-state index contributed by atoms with van der Waals surface area (Å²) in [6.45, 7) is 12.1. The third kappa shape index (κ3) is 3.13. The average molecular weight is 270 g/mol. The molecule has 3 unspecified atom stereocenters. The molecule has 0 aromatic carbocycles. The van der Waals surface area contributed by atoms with Gasteiger partial charge in [-0.25, -0.2) is 0 Å². The van der Waals surface area contributed by atoms with Gasteiger partial charge in [-0.2, -0.15) is 0 Å². The van der Waals surface area contributed by atoms with Crippen LogP contribution in [0.4, 0.5) is 0 Å². The van der Waals surface area contributed by atoms with Crippen molar-refractivity contribution in [1.29, 1.82) is 0 Å². The highest BCUT2D eigenvalue weighted by Crippen LogP contribution is 2.42. The van der Waals surface area contributed by atoms with E-state index in [0.29, 0.717) is 18.4 Å². The van der Waals surface area contributed by atoms with E-state index in [9.17, 15) is 0 Å². The largest absolute Gasteiger partial charge is 0.396 e. The fraction of sp³-hybridized carbons (Fsp3) is 1.00. The molecule has 2 heterocycles. The lowest BCUT2D eigenvalue weighted by atomic mass is 9.83. The Morgan fingerprint density at radius 1 is 1.26 bits per heavy atom. The molecule has 0 bridgehead atoms. The second kappa shape index (κ2) is 5.32. The Morgan fingerprint density at radius 2 is 1.95 bits per heavy atom. The van der Waals surface area contributed by atoms with Gasteiger partial charge in [-0.3, -0.25) is 0 Å². The number of aliphatic hydroxyl groups excluding tert-OH is 1. The van der Waals surface area contributed by atoms with Gasteiger partial charge in [0.25, 0.3) is 0 Å². The first kappa shape index (κ1) is 15.2. The first-order valence-corrected chi connectivity index (χ1v) is 7.55. The van der Waals surface area contributed by atoms with Crippen molar-refractivity contribution in [2.75, 3.05) is 26.2 Å². The zero-order chi connectivity index (χ0) is 14.3. The lowest BCUT2D eigenvalue weighted by Crippen LogP contribution is -2.47. The molecule has 2 rings (SSSR count). The van der Waals surface area contributed by atoms with E-state index in [-0.39, 0.29) is 17.2 Å². The van der Waals surface area contributed by atoms with Gasteiger partial charge in [0.2, 0.25) is 0 Å². The fourth-order valence-electron chi connectivity index (χ4n) is 3.85. The van der Waals surface area contributed by atoms with Crippen LogP contribution in [0.2, 0.25) is 0 Å². The summed E-state index contributed by atoms with van der Waals surface area (Å²) < 4.78 is 6.15. The smallest absolute Gasteiger partial charge is 0.0788 e. The van der Waals surface area contributed by atoms with E-state index in [1.54, 1.807) is 0 Å². The fourth-order valence-corrected chi connectivity index (χ4v) is 3.85. The highest BCUT2D eigenvalue weighted by molar-refractivity contribution is 5.05. The van der Waals surface area contributed by atoms with Crippen LogP contribution in [0.5, 0.6) is 0 Å². The van der Waals surface area contributed by atoms with E-state index < -0.39 is 0 Å². The molecule has 0 aliphatic carbocycles. The minimum Gasteiger partial charge on any atom is -0.396 e. The molecule has 3 N–H and O–H groups in total. The van der Waals surface area contributed by atoms with Gasteiger partial charge in [0.1, 0.15) is 0 Å². The van der Waals surface area contributed by atoms with Crippen LogP contribution in [0.3, 0.4) is 0 Å². The zero-order valence-corrected chi connectivity index (χ0v) is 12.9. The molecule has 0 aromatic rings. The van der Waals surface area contributed by atoms with E-state index >= 15 is 0 Å². The van der Waals surface area contributed by atoms with Crippen LogP contribution in [0.15, 0.2) is 0 Å². The third-order valence-electron chi connectivity index (χ3n) is 5.02. The van der Waals surface area contributed by atoms with Crippen LogP contribution in [0.1, 0.15) is 40.5 Å². The van der Waals surface area contributed by atoms with E-state index in [1.807, 2.05) is 0 Å². The quantitative estimate of drug-likeness (QED) is 0.806. The summed E-state index contributed by atoms with van der Waals surface area (Å²) in [6, 6.07) is 0.0828. The van der Waals surface area contributed by atoms with Crippen LogP contribution in [0, 0.1) is 11.8 Å². The summed E-state index contributed by atoms with van der Waals surface area (Å²) in [5.41, 5.74) is 6.02. The van der Waals surface area contributed by atoms with Crippen LogP contribution < -0.4 is 5.73 Å².